The molecule has 1 saturated heterocycles. The van der Waals surface area contributed by atoms with Gasteiger partial charge < -0.3 is 10.6 Å². The Morgan fingerprint density at radius 3 is 2.70 bits per heavy atom. The van der Waals surface area contributed by atoms with Crippen LogP contribution in [0.5, 0.6) is 0 Å². The molecule has 1 aromatic heterocycles. The molecule has 1 aliphatic carbocycles. The minimum Gasteiger partial charge on any atom is -0.392 e. The van der Waals surface area contributed by atoms with Gasteiger partial charge in [-0.15, -0.1) is 0 Å². The van der Waals surface area contributed by atoms with Gasteiger partial charge in [0.2, 0.25) is 0 Å². The summed E-state index contributed by atoms with van der Waals surface area (Å²) in [5.41, 5.74) is 8.35. The van der Waals surface area contributed by atoms with Crippen molar-refractivity contribution in [3.63, 3.8) is 0 Å². The van der Waals surface area contributed by atoms with Crippen LogP contribution in [0.2, 0.25) is 0 Å². The van der Waals surface area contributed by atoms with Gasteiger partial charge in [0.15, 0.2) is 0 Å². The van der Waals surface area contributed by atoms with Gasteiger partial charge in [0.05, 0.1) is 11.0 Å². The lowest BCUT2D eigenvalue weighted by atomic mass is 10.2. The molecule has 20 heavy (non-hydrogen) atoms. The molecule has 0 spiro atoms. The number of thiocarbonyl (C=S) groups is 1. The highest BCUT2D eigenvalue weighted by atomic mass is 32.1. The maximum Gasteiger partial charge on any atom is 0.135 e. The molecule has 0 radical (unpaired) electrons. The van der Waals surface area contributed by atoms with E-state index in [9.17, 15) is 0 Å². The highest BCUT2D eigenvalue weighted by Gasteiger charge is 2.26. The molecule has 0 aromatic carbocycles. The van der Waals surface area contributed by atoms with Crippen LogP contribution in [0.1, 0.15) is 24.6 Å². The van der Waals surface area contributed by atoms with Gasteiger partial charge in [0.25, 0.3) is 0 Å². The Balaban J connectivity index is 1.70. The molecule has 1 aliphatic heterocycles. The summed E-state index contributed by atoms with van der Waals surface area (Å²) in [5.74, 6) is 1.15. The van der Waals surface area contributed by atoms with Crippen LogP contribution in [0.3, 0.4) is 0 Å². The Bertz CT molecular complexity index is 510. The SMILES string of the molecule is CC(C(N)=S)N1CCN(c2ncnc3c2CCC3)CC1. The zero-order valence-electron chi connectivity index (χ0n) is 11.9. The number of piperazine rings is 1. The second-order valence-electron chi connectivity index (χ2n) is 5.58. The molecule has 3 rings (SSSR count). The fraction of sp³-hybridized carbons (Fsp3) is 0.643. The number of anilines is 1. The van der Waals surface area contributed by atoms with Gasteiger partial charge in [-0.25, -0.2) is 9.97 Å². The third-order valence-electron chi connectivity index (χ3n) is 4.43. The molecule has 1 atom stereocenters. The first-order valence-electron chi connectivity index (χ1n) is 7.28. The van der Waals surface area contributed by atoms with E-state index in [4.69, 9.17) is 18.0 Å². The van der Waals surface area contributed by atoms with Crippen molar-refractivity contribution in [2.45, 2.75) is 32.2 Å². The summed E-state index contributed by atoms with van der Waals surface area (Å²) in [6.45, 7) is 6.02. The first-order chi connectivity index (χ1) is 9.66. The van der Waals surface area contributed by atoms with Crippen LogP contribution >= 0.6 is 12.2 Å². The average molecular weight is 291 g/mol. The maximum absolute atomic E-state index is 5.74. The molecular formula is C14H21N5S. The fourth-order valence-corrected chi connectivity index (χ4v) is 3.26. The molecule has 108 valence electrons. The summed E-state index contributed by atoms with van der Waals surface area (Å²) in [6.07, 6.45) is 5.14. The van der Waals surface area contributed by atoms with E-state index in [0.29, 0.717) is 4.99 Å². The summed E-state index contributed by atoms with van der Waals surface area (Å²) < 4.78 is 0. The zero-order valence-corrected chi connectivity index (χ0v) is 12.7. The number of aromatic nitrogens is 2. The lowest BCUT2D eigenvalue weighted by Gasteiger charge is -2.38. The Morgan fingerprint density at radius 1 is 1.25 bits per heavy atom. The lowest BCUT2D eigenvalue weighted by molar-refractivity contribution is 0.238. The molecule has 2 N–H and O–H groups in total. The number of hydrogen-bond donors (Lipinski definition) is 1. The molecule has 0 amide bonds. The van der Waals surface area contributed by atoms with E-state index in [2.05, 4.69) is 26.7 Å². The molecule has 0 saturated carbocycles. The first kappa shape index (κ1) is 13.7. The van der Waals surface area contributed by atoms with E-state index in [0.717, 1.165) is 44.8 Å². The predicted octanol–water partition coefficient (Wildman–Crippen LogP) is 0.762. The normalized spacial score (nSPS) is 20.8. The van der Waals surface area contributed by atoms with Crippen molar-refractivity contribution in [3.05, 3.63) is 17.6 Å². The first-order valence-corrected chi connectivity index (χ1v) is 7.68. The third kappa shape index (κ3) is 2.50. The fourth-order valence-electron chi connectivity index (χ4n) is 3.12. The Morgan fingerprint density at radius 2 is 2.00 bits per heavy atom. The summed E-state index contributed by atoms with van der Waals surface area (Å²) >= 11 is 5.09. The molecule has 2 aliphatic rings. The second kappa shape index (κ2) is 5.61. The minimum absolute atomic E-state index is 0.184. The number of aryl methyl sites for hydroxylation is 1. The van der Waals surface area contributed by atoms with Crippen LogP contribution < -0.4 is 10.6 Å². The van der Waals surface area contributed by atoms with Gasteiger partial charge in [-0.05, 0) is 26.2 Å². The van der Waals surface area contributed by atoms with Gasteiger partial charge in [0, 0.05) is 37.4 Å². The van der Waals surface area contributed by atoms with Gasteiger partial charge in [0.1, 0.15) is 12.1 Å². The van der Waals surface area contributed by atoms with Gasteiger partial charge in [-0.3, -0.25) is 4.90 Å². The van der Waals surface area contributed by atoms with Crippen molar-refractivity contribution in [3.8, 4) is 0 Å². The number of rotatable bonds is 3. The van der Waals surface area contributed by atoms with E-state index in [1.165, 1.54) is 17.7 Å². The molecule has 1 aromatic rings. The van der Waals surface area contributed by atoms with Crippen LogP contribution in [0, 0.1) is 0 Å². The average Bonchev–Trinajstić information content (AvgIpc) is 2.95. The van der Waals surface area contributed by atoms with E-state index < -0.39 is 0 Å². The maximum atomic E-state index is 5.74. The molecule has 2 heterocycles. The molecule has 1 fully saturated rings. The summed E-state index contributed by atoms with van der Waals surface area (Å²) in [5, 5.41) is 0. The van der Waals surface area contributed by atoms with E-state index in [1.54, 1.807) is 6.33 Å². The third-order valence-corrected chi connectivity index (χ3v) is 4.77. The van der Waals surface area contributed by atoms with Crippen molar-refractivity contribution in [1.29, 1.82) is 0 Å². The van der Waals surface area contributed by atoms with Crippen molar-refractivity contribution in [2.24, 2.45) is 5.73 Å². The van der Waals surface area contributed by atoms with E-state index in [1.807, 2.05) is 0 Å². The summed E-state index contributed by atoms with van der Waals surface area (Å²) in [4.78, 5) is 14.2. The van der Waals surface area contributed by atoms with Crippen molar-refractivity contribution < 1.29 is 0 Å². The number of hydrogen-bond acceptors (Lipinski definition) is 5. The highest BCUT2D eigenvalue weighted by Crippen LogP contribution is 2.28. The van der Waals surface area contributed by atoms with Crippen LogP contribution in [-0.2, 0) is 12.8 Å². The van der Waals surface area contributed by atoms with Crippen LogP contribution in [0.4, 0.5) is 5.82 Å². The van der Waals surface area contributed by atoms with Gasteiger partial charge in [-0.2, -0.15) is 0 Å². The Labute approximate surface area is 125 Å². The van der Waals surface area contributed by atoms with Gasteiger partial charge in [-0.1, -0.05) is 12.2 Å². The number of nitrogens with zero attached hydrogens (tertiary/aromatic N) is 4. The van der Waals surface area contributed by atoms with Gasteiger partial charge >= 0.3 is 0 Å². The predicted molar refractivity (Wildman–Crippen MR) is 84.1 cm³/mol. The molecule has 0 bridgehead atoms. The molecule has 6 heteroatoms. The van der Waals surface area contributed by atoms with Crippen LogP contribution in [-0.4, -0.2) is 52.1 Å². The minimum atomic E-state index is 0.184. The summed E-state index contributed by atoms with van der Waals surface area (Å²) in [7, 11) is 0. The number of nitrogens with two attached hydrogens (primary N) is 1. The van der Waals surface area contributed by atoms with E-state index >= 15 is 0 Å². The monoisotopic (exact) mass is 291 g/mol. The Hall–Kier alpha value is -1.27. The summed E-state index contributed by atoms with van der Waals surface area (Å²) in [6, 6.07) is 0.184. The lowest BCUT2D eigenvalue weighted by Crippen LogP contribution is -2.53. The smallest absolute Gasteiger partial charge is 0.135 e. The molecule has 1 unspecified atom stereocenters. The second-order valence-corrected chi connectivity index (χ2v) is 6.05. The largest absolute Gasteiger partial charge is 0.392 e. The van der Waals surface area contributed by atoms with E-state index in [-0.39, 0.29) is 6.04 Å². The van der Waals surface area contributed by atoms with Crippen molar-refractivity contribution in [1.82, 2.24) is 14.9 Å². The Kier molecular flexibility index (Phi) is 3.85. The molecule has 5 nitrogen and oxygen atoms in total. The number of fused-ring (bicyclic) bond motifs is 1. The standard InChI is InChI=1S/C14H21N5S/c1-10(13(15)20)18-5-7-19(8-6-18)14-11-3-2-4-12(11)16-9-17-14/h9-10H,2-8H2,1H3,(H2,15,20). The van der Waals surface area contributed by atoms with Crippen LogP contribution in [0.15, 0.2) is 6.33 Å². The quantitative estimate of drug-likeness (QED) is 0.830. The zero-order chi connectivity index (χ0) is 14.1. The topological polar surface area (TPSA) is 58.3 Å². The van der Waals surface area contributed by atoms with Crippen molar-refractivity contribution in [2.75, 3.05) is 31.1 Å². The van der Waals surface area contributed by atoms with Crippen LogP contribution in [0.25, 0.3) is 0 Å². The molecular weight excluding hydrogens is 270 g/mol. The van der Waals surface area contributed by atoms with Crippen molar-refractivity contribution >= 4 is 23.0 Å². The highest BCUT2D eigenvalue weighted by molar-refractivity contribution is 7.80.